The first kappa shape index (κ1) is 15.4. The van der Waals surface area contributed by atoms with E-state index in [1.165, 1.54) is 11.1 Å². The first-order valence-electron chi connectivity index (χ1n) is 7.17. The molecular weight excluding hydrogens is 262 g/mol. The Morgan fingerprint density at radius 2 is 1.33 bits per heavy atom. The normalized spacial score (nSPS) is 10.7. The smallest absolute Gasteiger partial charge is 0.119 e. The topological polar surface area (TPSA) is 21.7 Å². The van der Waals surface area contributed by atoms with Crippen molar-refractivity contribution in [3.05, 3.63) is 59.7 Å². The summed E-state index contributed by atoms with van der Waals surface area (Å²) in [5.74, 6) is 1.82. The maximum Gasteiger partial charge on any atom is 0.119 e. The Morgan fingerprint density at radius 1 is 0.810 bits per heavy atom. The van der Waals surface area contributed by atoms with Crippen molar-refractivity contribution >= 4 is 0 Å². The van der Waals surface area contributed by atoms with Crippen molar-refractivity contribution in [1.29, 1.82) is 0 Å². The van der Waals surface area contributed by atoms with Gasteiger partial charge in [0.05, 0.1) is 7.11 Å². The zero-order valence-electron chi connectivity index (χ0n) is 13.0. The molecule has 0 N–H and O–H groups in total. The molecule has 0 aliphatic rings. The van der Waals surface area contributed by atoms with Gasteiger partial charge in [-0.1, -0.05) is 24.3 Å². The molecule has 0 bridgehead atoms. The summed E-state index contributed by atoms with van der Waals surface area (Å²) >= 11 is 0. The van der Waals surface area contributed by atoms with Gasteiger partial charge in [0.2, 0.25) is 0 Å². The number of hydrogen-bond acceptors (Lipinski definition) is 3. The highest BCUT2D eigenvalue weighted by Gasteiger charge is 1.99. The molecule has 3 heteroatoms. The molecule has 2 rings (SSSR count). The Balaban J connectivity index is 1.89. The molecule has 0 amide bonds. The lowest BCUT2D eigenvalue weighted by Crippen LogP contribution is -2.19. The van der Waals surface area contributed by atoms with Gasteiger partial charge in [0.15, 0.2) is 0 Å². The fourth-order valence-corrected chi connectivity index (χ4v) is 2.03. The summed E-state index contributed by atoms with van der Waals surface area (Å²) < 4.78 is 10.9. The summed E-state index contributed by atoms with van der Waals surface area (Å²) in [5.41, 5.74) is 2.55. The predicted molar refractivity (Wildman–Crippen MR) is 86.3 cm³/mol. The van der Waals surface area contributed by atoms with Crippen molar-refractivity contribution in [2.75, 3.05) is 34.4 Å². The van der Waals surface area contributed by atoms with Crippen molar-refractivity contribution in [1.82, 2.24) is 4.90 Å². The molecule has 0 aliphatic heterocycles. The fraction of sp³-hybridized carbons (Fsp3) is 0.333. The molecule has 0 saturated carbocycles. The van der Waals surface area contributed by atoms with Crippen LogP contribution in [0.2, 0.25) is 0 Å². The van der Waals surface area contributed by atoms with E-state index in [4.69, 9.17) is 9.47 Å². The van der Waals surface area contributed by atoms with E-state index in [-0.39, 0.29) is 0 Å². The SMILES string of the molecule is COc1ccc(Cc2ccc(OCCN(C)C)cc2)cc1. The quantitative estimate of drug-likeness (QED) is 0.779. The van der Waals surface area contributed by atoms with Crippen molar-refractivity contribution in [3.8, 4) is 11.5 Å². The minimum atomic E-state index is 0.713. The van der Waals surface area contributed by atoms with E-state index in [0.717, 1.165) is 24.5 Å². The van der Waals surface area contributed by atoms with E-state index in [1.807, 2.05) is 38.4 Å². The van der Waals surface area contributed by atoms with Crippen LogP contribution >= 0.6 is 0 Å². The highest BCUT2D eigenvalue weighted by molar-refractivity contribution is 5.33. The summed E-state index contributed by atoms with van der Waals surface area (Å²) in [6, 6.07) is 16.5. The van der Waals surface area contributed by atoms with Crippen LogP contribution in [0.3, 0.4) is 0 Å². The molecule has 0 aliphatic carbocycles. The number of benzene rings is 2. The summed E-state index contributed by atoms with van der Waals surface area (Å²) in [5, 5.41) is 0. The van der Waals surface area contributed by atoms with Gasteiger partial charge in [-0.05, 0) is 55.9 Å². The molecular formula is C18H23NO2. The average molecular weight is 285 g/mol. The van der Waals surface area contributed by atoms with Crippen LogP contribution in [0.15, 0.2) is 48.5 Å². The largest absolute Gasteiger partial charge is 0.497 e. The molecule has 3 nitrogen and oxygen atoms in total. The molecule has 0 radical (unpaired) electrons. The summed E-state index contributed by atoms with van der Waals surface area (Å²) in [4.78, 5) is 2.11. The summed E-state index contributed by atoms with van der Waals surface area (Å²) in [6.45, 7) is 1.64. The number of hydrogen-bond donors (Lipinski definition) is 0. The fourth-order valence-electron chi connectivity index (χ4n) is 2.03. The molecule has 2 aromatic rings. The lowest BCUT2D eigenvalue weighted by Gasteiger charge is -2.11. The van der Waals surface area contributed by atoms with Gasteiger partial charge in [-0.2, -0.15) is 0 Å². The molecule has 0 aromatic heterocycles. The number of methoxy groups -OCH3 is 1. The molecule has 0 fully saturated rings. The maximum absolute atomic E-state index is 5.69. The second kappa shape index (κ2) is 7.70. The molecule has 21 heavy (non-hydrogen) atoms. The van der Waals surface area contributed by atoms with Gasteiger partial charge in [-0.25, -0.2) is 0 Å². The average Bonchev–Trinajstić information content (AvgIpc) is 2.49. The maximum atomic E-state index is 5.69. The molecule has 0 unspecified atom stereocenters. The van der Waals surface area contributed by atoms with Crippen molar-refractivity contribution in [3.63, 3.8) is 0 Å². The molecule has 0 atom stereocenters. The third kappa shape index (κ3) is 5.12. The highest BCUT2D eigenvalue weighted by atomic mass is 16.5. The Hall–Kier alpha value is -2.00. The summed E-state index contributed by atoms with van der Waals surface area (Å²) in [7, 11) is 5.77. The van der Waals surface area contributed by atoms with E-state index in [0.29, 0.717) is 6.61 Å². The monoisotopic (exact) mass is 285 g/mol. The predicted octanol–water partition coefficient (Wildman–Crippen LogP) is 3.23. The van der Waals surface area contributed by atoms with E-state index in [2.05, 4.69) is 29.2 Å². The molecule has 0 saturated heterocycles. The van der Waals surface area contributed by atoms with Crippen LogP contribution in [0.4, 0.5) is 0 Å². The van der Waals surface area contributed by atoms with Gasteiger partial charge in [0.1, 0.15) is 18.1 Å². The minimum absolute atomic E-state index is 0.713. The van der Waals surface area contributed by atoms with Gasteiger partial charge >= 0.3 is 0 Å². The lowest BCUT2D eigenvalue weighted by atomic mass is 10.0. The van der Waals surface area contributed by atoms with Gasteiger partial charge in [0, 0.05) is 6.54 Å². The van der Waals surface area contributed by atoms with Gasteiger partial charge in [0.25, 0.3) is 0 Å². The van der Waals surface area contributed by atoms with Crippen LogP contribution in [-0.4, -0.2) is 39.3 Å². The molecule has 0 heterocycles. The first-order chi connectivity index (χ1) is 10.2. The Kier molecular flexibility index (Phi) is 5.64. The first-order valence-corrected chi connectivity index (χ1v) is 7.17. The zero-order valence-corrected chi connectivity index (χ0v) is 13.0. The molecule has 112 valence electrons. The zero-order chi connectivity index (χ0) is 15.1. The van der Waals surface area contributed by atoms with E-state index >= 15 is 0 Å². The minimum Gasteiger partial charge on any atom is -0.497 e. The van der Waals surface area contributed by atoms with Crippen molar-refractivity contribution in [2.45, 2.75) is 6.42 Å². The lowest BCUT2D eigenvalue weighted by molar-refractivity contribution is 0.261. The third-order valence-electron chi connectivity index (χ3n) is 3.30. The van der Waals surface area contributed by atoms with Crippen LogP contribution in [-0.2, 0) is 6.42 Å². The second-order valence-electron chi connectivity index (χ2n) is 5.32. The Labute approximate surface area is 127 Å². The number of likely N-dealkylation sites (N-methyl/N-ethyl adjacent to an activating group) is 1. The molecule has 0 spiro atoms. The third-order valence-corrected chi connectivity index (χ3v) is 3.30. The Bertz CT molecular complexity index is 532. The van der Waals surface area contributed by atoms with Gasteiger partial charge in [-0.3, -0.25) is 0 Å². The highest BCUT2D eigenvalue weighted by Crippen LogP contribution is 2.17. The number of ether oxygens (including phenoxy) is 2. The van der Waals surface area contributed by atoms with E-state index < -0.39 is 0 Å². The van der Waals surface area contributed by atoms with E-state index in [1.54, 1.807) is 7.11 Å². The van der Waals surface area contributed by atoms with Crippen molar-refractivity contribution in [2.24, 2.45) is 0 Å². The van der Waals surface area contributed by atoms with Crippen molar-refractivity contribution < 1.29 is 9.47 Å². The van der Waals surface area contributed by atoms with Crippen LogP contribution in [0.25, 0.3) is 0 Å². The number of nitrogens with zero attached hydrogens (tertiary/aromatic N) is 1. The second-order valence-corrected chi connectivity index (χ2v) is 5.32. The standard InChI is InChI=1S/C18H23NO2/c1-19(2)12-13-21-18-10-6-16(7-11-18)14-15-4-8-17(20-3)9-5-15/h4-11H,12-14H2,1-3H3. The molecule has 2 aromatic carbocycles. The number of rotatable bonds is 7. The van der Waals surface area contributed by atoms with Crippen LogP contribution in [0.1, 0.15) is 11.1 Å². The van der Waals surface area contributed by atoms with Crippen LogP contribution in [0.5, 0.6) is 11.5 Å². The van der Waals surface area contributed by atoms with E-state index in [9.17, 15) is 0 Å². The van der Waals surface area contributed by atoms with Gasteiger partial charge in [-0.15, -0.1) is 0 Å². The Morgan fingerprint density at radius 3 is 1.81 bits per heavy atom. The van der Waals surface area contributed by atoms with Crippen LogP contribution < -0.4 is 9.47 Å². The van der Waals surface area contributed by atoms with Gasteiger partial charge < -0.3 is 14.4 Å². The van der Waals surface area contributed by atoms with Crippen LogP contribution in [0, 0.1) is 0 Å². The summed E-state index contributed by atoms with van der Waals surface area (Å²) in [6.07, 6.45) is 0.919.